The molecule has 162 valence electrons. The lowest BCUT2D eigenvalue weighted by Gasteiger charge is -2.19. The summed E-state index contributed by atoms with van der Waals surface area (Å²) in [4.78, 5) is 7.67. The van der Waals surface area contributed by atoms with Crippen LogP contribution in [0.2, 0.25) is 0 Å². The van der Waals surface area contributed by atoms with Crippen LogP contribution < -0.4 is 4.74 Å². The van der Waals surface area contributed by atoms with Crippen LogP contribution in [0, 0.1) is 6.92 Å². The first-order valence-electron chi connectivity index (χ1n) is 12.0. The van der Waals surface area contributed by atoms with Crippen LogP contribution in [0.25, 0.3) is 10.9 Å². The third-order valence-corrected chi connectivity index (χ3v) is 7.53. The van der Waals surface area contributed by atoms with Crippen molar-refractivity contribution >= 4 is 10.9 Å². The van der Waals surface area contributed by atoms with Crippen LogP contribution in [-0.4, -0.2) is 41.8 Å². The van der Waals surface area contributed by atoms with E-state index < -0.39 is 5.67 Å². The molecule has 0 amide bonds. The Kier molecular flexibility index (Phi) is 5.47. The van der Waals surface area contributed by atoms with Gasteiger partial charge < -0.3 is 9.64 Å². The minimum atomic E-state index is -1.04. The zero-order chi connectivity index (χ0) is 20.7. The van der Waals surface area contributed by atoms with E-state index in [2.05, 4.69) is 24.0 Å². The standard InChI is InChI=1S/C26H35FN2O/c1-18-15-22-20-7-5-8-21(20)25(19-9-10-26(2,27)17-19)28-23(22)16-24(18)30-14-6-13-29-11-3-4-12-29/h15-16,19H,3-14,17H2,1-2H3. The molecule has 1 saturated heterocycles. The highest BCUT2D eigenvalue weighted by Crippen LogP contribution is 2.46. The van der Waals surface area contributed by atoms with Crippen molar-refractivity contribution in [1.82, 2.24) is 9.88 Å². The van der Waals surface area contributed by atoms with Gasteiger partial charge in [0, 0.05) is 29.6 Å². The van der Waals surface area contributed by atoms with Crippen LogP contribution in [-0.2, 0) is 12.8 Å². The predicted molar refractivity (Wildman–Crippen MR) is 120 cm³/mol. The van der Waals surface area contributed by atoms with E-state index in [0.717, 1.165) is 50.1 Å². The van der Waals surface area contributed by atoms with Gasteiger partial charge in [0.25, 0.3) is 0 Å². The van der Waals surface area contributed by atoms with E-state index in [4.69, 9.17) is 9.72 Å². The molecule has 0 radical (unpaired) electrons. The quantitative estimate of drug-likeness (QED) is 0.555. The van der Waals surface area contributed by atoms with E-state index in [-0.39, 0.29) is 5.92 Å². The first kappa shape index (κ1) is 20.2. The number of ether oxygens (including phenoxy) is 1. The number of aromatic nitrogens is 1. The minimum Gasteiger partial charge on any atom is -0.493 e. The lowest BCUT2D eigenvalue weighted by Crippen LogP contribution is -2.22. The molecule has 5 rings (SSSR count). The van der Waals surface area contributed by atoms with Crippen LogP contribution in [0.3, 0.4) is 0 Å². The first-order chi connectivity index (χ1) is 14.5. The Balaban J connectivity index is 1.39. The molecule has 1 aliphatic heterocycles. The summed E-state index contributed by atoms with van der Waals surface area (Å²) >= 11 is 0. The molecule has 1 aromatic carbocycles. The number of benzene rings is 1. The zero-order valence-corrected chi connectivity index (χ0v) is 18.6. The molecule has 3 aliphatic rings. The van der Waals surface area contributed by atoms with Gasteiger partial charge in [0.05, 0.1) is 12.1 Å². The fourth-order valence-corrected chi connectivity index (χ4v) is 5.93. The molecule has 1 aromatic heterocycles. The van der Waals surface area contributed by atoms with Crippen molar-refractivity contribution < 1.29 is 9.13 Å². The molecule has 2 fully saturated rings. The van der Waals surface area contributed by atoms with Gasteiger partial charge in [0.1, 0.15) is 11.4 Å². The molecule has 0 N–H and O–H groups in total. The monoisotopic (exact) mass is 410 g/mol. The fraction of sp³-hybridized carbons (Fsp3) is 0.654. The predicted octanol–water partition coefficient (Wildman–Crippen LogP) is 5.89. The lowest BCUT2D eigenvalue weighted by molar-refractivity contribution is 0.197. The Labute approximate surface area is 180 Å². The van der Waals surface area contributed by atoms with Crippen molar-refractivity contribution in [3.05, 3.63) is 34.5 Å². The largest absolute Gasteiger partial charge is 0.493 e. The molecule has 1 saturated carbocycles. The number of rotatable bonds is 6. The molecule has 3 nitrogen and oxygen atoms in total. The van der Waals surface area contributed by atoms with Gasteiger partial charge >= 0.3 is 0 Å². The third kappa shape index (κ3) is 3.95. The smallest absolute Gasteiger partial charge is 0.124 e. The second kappa shape index (κ2) is 8.11. The SMILES string of the molecule is Cc1cc2c3c(c(C4CCC(C)(F)C4)nc2cc1OCCCN1CCCC1)CCC3. The maximum Gasteiger partial charge on any atom is 0.124 e. The van der Waals surface area contributed by atoms with Gasteiger partial charge in [-0.05, 0) is 107 Å². The molecule has 2 aliphatic carbocycles. The van der Waals surface area contributed by atoms with E-state index in [0.29, 0.717) is 12.8 Å². The second-order valence-electron chi connectivity index (χ2n) is 10.0. The van der Waals surface area contributed by atoms with Crippen LogP contribution >= 0.6 is 0 Å². The Bertz CT molecular complexity index is 933. The van der Waals surface area contributed by atoms with Gasteiger partial charge in [-0.3, -0.25) is 4.98 Å². The van der Waals surface area contributed by atoms with Gasteiger partial charge in [0.15, 0.2) is 0 Å². The van der Waals surface area contributed by atoms with Crippen molar-refractivity contribution in [2.24, 2.45) is 0 Å². The molecule has 2 unspecified atom stereocenters. The summed E-state index contributed by atoms with van der Waals surface area (Å²) in [6.07, 6.45) is 9.35. The van der Waals surface area contributed by atoms with E-state index in [1.165, 1.54) is 60.1 Å². The Morgan fingerprint density at radius 1 is 1.17 bits per heavy atom. The van der Waals surface area contributed by atoms with Crippen molar-refractivity contribution in [1.29, 1.82) is 0 Å². The summed E-state index contributed by atoms with van der Waals surface area (Å²) in [5.41, 5.74) is 5.27. The molecule has 2 atom stereocenters. The maximum absolute atomic E-state index is 14.6. The number of hydrogen-bond acceptors (Lipinski definition) is 3. The highest BCUT2D eigenvalue weighted by atomic mass is 19.1. The number of alkyl halides is 1. The van der Waals surface area contributed by atoms with E-state index >= 15 is 0 Å². The van der Waals surface area contributed by atoms with Gasteiger partial charge in [-0.25, -0.2) is 4.39 Å². The van der Waals surface area contributed by atoms with Crippen LogP contribution in [0.4, 0.5) is 4.39 Å². The van der Waals surface area contributed by atoms with Crippen molar-refractivity contribution in [2.45, 2.75) is 83.2 Å². The average Bonchev–Trinajstić information content (AvgIpc) is 3.46. The Morgan fingerprint density at radius 3 is 2.73 bits per heavy atom. The van der Waals surface area contributed by atoms with Crippen molar-refractivity contribution in [3.8, 4) is 5.75 Å². The van der Waals surface area contributed by atoms with E-state index in [9.17, 15) is 4.39 Å². The second-order valence-corrected chi connectivity index (χ2v) is 10.0. The number of aryl methyl sites for hydroxylation is 2. The molecule has 2 heterocycles. The molecule has 30 heavy (non-hydrogen) atoms. The summed E-state index contributed by atoms with van der Waals surface area (Å²) in [5, 5.41) is 1.29. The number of nitrogens with zero attached hydrogens (tertiary/aromatic N) is 2. The molecule has 4 heteroatoms. The molecule has 0 spiro atoms. The van der Waals surface area contributed by atoms with Crippen LogP contribution in [0.5, 0.6) is 5.75 Å². The zero-order valence-electron chi connectivity index (χ0n) is 18.6. The fourth-order valence-electron chi connectivity index (χ4n) is 5.93. The average molecular weight is 411 g/mol. The highest BCUT2D eigenvalue weighted by molar-refractivity contribution is 5.86. The Morgan fingerprint density at radius 2 is 1.97 bits per heavy atom. The van der Waals surface area contributed by atoms with Crippen LogP contribution in [0.15, 0.2) is 12.1 Å². The molecular formula is C26H35FN2O. The van der Waals surface area contributed by atoms with E-state index in [1.807, 2.05) is 0 Å². The maximum atomic E-state index is 14.6. The van der Waals surface area contributed by atoms with Gasteiger partial charge in [0.2, 0.25) is 0 Å². The summed E-state index contributed by atoms with van der Waals surface area (Å²) < 4.78 is 20.8. The topological polar surface area (TPSA) is 25.4 Å². The normalized spacial score (nSPS) is 26.6. The Hall–Kier alpha value is -1.68. The van der Waals surface area contributed by atoms with Crippen LogP contribution in [0.1, 0.15) is 80.2 Å². The number of pyridine rings is 1. The number of halogens is 1. The lowest BCUT2D eigenvalue weighted by atomic mass is 9.92. The number of likely N-dealkylation sites (tertiary alicyclic amines) is 1. The molecule has 2 aromatic rings. The van der Waals surface area contributed by atoms with E-state index in [1.54, 1.807) is 6.92 Å². The summed E-state index contributed by atoms with van der Waals surface area (Å²) in [6, 6.07) is 4.42. The highest BCUT2D eigenvalue weighted by Gasteiger charge is 2.38. The van der Waals surface area contributed by atoms with Gasteiger partial charge in [-0.15, -0.1) is 0 Å². The third-order valence-electron chi connectivity index (χ3n) is 7.53. The summed E-state index contributed by atoms with van der Waals surface area (Å²) in [6.45, 7) is 8.27. The molecule has 0 bridgehead atoms. The number of fused-ring (bicyclic) bond motifs is 3. The van der Waals surface area contributed by atoms with Gasteiger partial charge in [-0.2, -0.15) is 0 Å². The summed E-state index contributed by atoms with van der Waals surface area (Å²) in [5.74, 6) is 1.23. The summed E-state index contributed by atoms with van der Waals surface area (Å²) in [7, 11) is 0. The van der Waals surface area contributed by atoms with Crippen molar-refractivity contribution in [2.75, 3.05) is 26.2 Å². The van der Waals surface area contributed by atoms with Gasteiger partial charge in [-0.1, -0.05) is 0 Å². The minimum absolute atomic E-state index is 0.266. The molecular weight excluding hydrogens is 375 g/mol. The van der Waals surface area contributed by atoms with Crippen molar-refractivity contribution in [3.63, 3.8) is 0 Å². The number of hydrogen-bond donors (Lipinski definition) is 0. The first-order valence-corrected chi connectivity index (χ1v) is 12.0.